The van der Waals surface area contributed by atoms with Gasteiger partial charge in [0.2, 0.25) is 10.9 Å². The van der Waals surface area contributed by atoms with Gasteiger partial charge in [-0.15, -0.1) is 0 Å². The van der Waals surface area contributed by atoms with Crippen molar-refractivity contribution in [1.82, 2.24) is 19.5 Å². The number of halogens is 1. The van der Waals surface area contributed by atoms with E-state index in [1.54, 1.807) is 16.5 Å². The number of carbonyl (C=O) groups excluding carboxylic acids is 1. The number of likely N-dealkylation sites (tertiary alicyclic amines) is 1. The van der Waals surface area contributed by atoms with Crippen molar-refractivity contribution in [1.29, 1.82) is 0 Å². The Kier molecular flexibility index (Phi) is 3.42. The van der Waals surface area contributed by atoms with Crippen LogP contribution in [0.15, 0.2) is 0 Å². The molecular formula is C11H13ClN4O2S. The molecule has 8 heteroatoms. The van der Waals surface area contributed by atoms with Crippen LogP contribution in [0.3, 0.4) is 0 Å². The molecule has 1 aliphatic heterocycles. The van der Waals surface area contributed by atoms with Crippen LogP contribution >= 0.6 is 22.9 Å². The summed E-state index contributed by atoms with van der Waals surface area (Å²) in [5.41, 5.74) is 0.769. The van der Waals surface area contributed by atoms with Crippen molar-refractivity contribution >= 4 is 33.8 Å². The lowest BCUT2D eigenvalue weighted by atomic mass is 10.4. The van der Waals surface area contributed by atoms with E-state index in [0.29, 0.717) is 24.7 Å². The molecule has 0 atom stereocenters. The van der Waals surface area contributed by atoms with E-state index in [9.17, 15) is 4.79 Å². The summed E-state index contributed by atoms with van der Waals surface area (Å²) in [6.07, 6.45) is 1.52. The lowest BCUT2D eigenvalue weighted by Gasteiger charge is -2.14. The van der Waals surface area contributed by atoms with Crippen molar-refractivity contribution in [3.63, 3.8) is 0 Å². The average molecular weight is 301 g/mol. The molecule has 0 aliphatic carbocycles. The third kappa shape index (κ3) is 2.33. The summed E-state index contributed by atoms with van der Waals surface area (Å²) in [6, 6.07) is 0. The summed E-state index contributed by atoms with van der Waals surface area (Å²) < 4.78 is 6.77. The Labute approximate surface area is 118 Å². The fraction of sp³-hybridized carbons (Fsp3) is 0.545. The third-order valence-corrected chi connectivity index (χ3v) is 4.25. The maximum atomic E-state index is 11.7. The van der Waals surface area contributed by atoms with Gasteiger partial charge in [-0.3, -0.25) is 4.79 Å². The van der Waals surface area contributed by atoms with Crippen molar-refractivity contribution in [2.75, 3.05) is 13.7 Å². The molecule has 3 rings (SSSR count). The number of amides is 1. The number of imidazole rings is 1. The second kappa shape index (κ2) is 5.07. The van der Waals surface area contributed by atoms with E-state index >= 15 is 0 Å². The van der Waals surface area contributed by atoms with E-state index in [1.807, 2.05) is 0 Å². The van der Waals surface area contributed by atoms with Gasteiger partial charge in [-0.2, -0.15) is 5.10 Å². The minimum Gasteiger partial charge on any atom is -0.377 e. The van der Waals surface area contributed by atoms with Crippen LogP contribution in [0.4, 0.5) is 0 Å². The lowest BCUT2D eigenvalue weighted by Crippen LogP contribution is -2.24. The molecule has 102 valence electrons. The zero-order valence-electron chi connectivity index (χ0n) is 10.4. The fourth-order valence-electron chi connectivity index (χ4n) is 2.17. The first-order chi connectivity index (χ1) is 9.19. The Morgan fingerprint density at radius 3 is 3.05 bits per heavy atom. The minimum absolute atomic E-state index is 0.165. The van der Waals surface area contributed by atoms with E-state index in [1.165, 1.54) is 11.3 Å². The van der Waals surface area contributed by atoms with Crippen LogP contribution in [-0.4, -0.2) is 39.1 Å². The smallest absolute Gasteiger partial charge is 0.222 e. The molecule has 0 aromatic carbocycles. The molecule has 3 heterocycles. The molecule has 19 heavy (non-hydrogen) atoms. The summed E-state index contributed by atoms with van der Waals surface area (Å²) >= 11 is 7.57. The highest BCUT2D eigenvalue weighted by molar-refractivity contribution is 7.16. The predicted molar refractivity (Wildman–Crippen MR) is 71.2 cm³/mol. The molecule has 0 radical (unpaired) electrons. The molecule has 1 amide bonds. The van der Waals surface area contributed by atoms with E-state index in [2.05, 4.69) is 10.1 Å². The summed E-state index contributed by atoms with van der Waals surface area (Å²) in [7, 11) is 1.63. The van der Waals surface area contributed by atoms with E-state index in [0.717, 1.165) is 28.6 Å². The fourth-order valence-corrected chi connectivity index (χ4v) is 3.33. The summed E-state index contributed by atoms with van der Waals surface area (Å²) in [5, 5.41) is 5.68. The van der Waals surface area contributed by atoms with Crippen molar-refractivity contribution in [2.24, 2.45) is 0 Å². The number of nitrogens with zero attached hydrogens (tertiary/aromatic N) is 4. The zero-order chi connectivity index (χ0) is 13.4. The topological polar surface area (TPSA) is 59.7 Å². The maximum absolute atomic E-state index is 11.7. The normalized spacial score (nSPS) is 15.9. The molecule has 0 saturated carbocycles. The first-order valence-corrected chi connectivity index (χ1v) is 7.18. The summed E-state index contributed by atoms with van der Waals surface area (Å²) in [4.78, 5) is 18.5. The van der Waals surface area contributed by atoms with Gasteiger partial charge in [0.25, 0.3) is 0 Å². The summed E-state index contributed by atoms with van der Waals surface area (Å²) in [6.45, 7) is 1.69. The SMILES string of the molecule is COCc1nn2c(CN3CCCC3=O)c(Cl)nc2s1. The second-order valence-corrected chi connectivity index (χ2v) is 5.79. The predicted octanol–water partition coefficient (Wildman–Crippen LogP) is 1.71. The molecule has 0 spiro atoms. The maximum Gasteiger partial charge on any atom is 0.222 e. The molecule has 2 aromatic heterocycles. The molecular weight excluding hydrogens is 288 g/mol. The third-order valence-electron chi connectivity index (χ3n) is 3.07. The molecule has 2 aromatic rings. The monoisotopic (exact) mass is 300 g/mol. The molecule has 6 nitrogen and oxygen atoms in total. The Morgan fingerprint density at radius 2 is 2.37 bits per heavy atom. The van der Waals surface area contributed by atoms with Crippen LogP contribution < -0.4 is 0 Å². The first-order valence-electron chi connectivity index (χ1n) is 5.98. The zero-order valence-corrected chi connectivity index (χ0v) is 12.0. The van der Waals surface area contributed by atoms with Gasteiger partial charge >= 0.3 is 0 Å². The molecule has 1 saturated heterocycles. The van der Waals surface area contributed by atoms with Crippen LogP contribution in [-0.2, 0) is 22.7 Å². The molecule has 1 aliphatic rings. The molecule has 0 unspecified atom stereocenters. The highest BCUT2D eigenvalue weighted by atomic mass is 35.5. The van der Waals surface area contributed by atoms with Crippen molar-refractivity contribution in [3.8, 4) is 0 Å². The Bertz CT molecular complexity index is 624. The number of fused-ring (bicyclic) bond motifs is 1. The van der Waals surface area contributed by atoms with Gasteiger partial charge in [-0.1, -0.05) is 22.9 Å². The number of methoxy groups -OCH3 is 1. The van der Waals surface area contributed by atoms with Gasteiger partial charge < -0.3 is 9.64 Å². The van der Waals surface area contributed by atoms with Gasteiger partial charge in [0.05, 0.1) is 13.2 Å². The Hall–Kier alpha value is -1.18. The molecule has 1 fully saturated rings. The second-order valence-electron chi connectivity index (χ2n) is 4.39. The van der Waals surface area contributed by atoms with Gasteiger partial charge in [-0.05, 0) is 6.42 Å². The number of hydrogen-bond donors (Lipinski definition) is 0. The van der Waals surface area contributed by atoms with E-state index in [4.69, 9.17) is 16.3 Å². The Morgan fingerprint density at radius 1 is 1.53 bits per heavy atom. The highest BCUT2D eigenvalue weighted by Crippen LogP contribution is 2.25. The van der Waals surface area contributed by atoms with Gasteiger partial charge in [0.1, 0.15) is 10.7 Å². The van der Waals surface area contributed by atoms with Crippen LogP contribution in [0, 0.1) is 0 Å². The largest absolute Gasteiger partial charge is 0.377 e. The number of hydrogen-bond acceptors (Lipinski definition) is 5. The molecule has 0 bridgehead atoms. The van der Waals surface area contributed by atoms with Crippen LogP contribution in [0.5, 0.6) is 0 Å². The van der Waals surface area contributed by atoms with Crippen molar-refractivity contribution in [3.05, 3.63) is 15.9 Å². The molecule has 0 N–H and O–H groups in total. The van der Waals surface area contributed by atoms with Crippen molar-refractivity contribution in [2.45, 2.75) is 26.0 Å². The van der Waals surface area contributed by atoms with Gasteiger partial charge in [0.15, 0.2) is 5.15 Å². The van der Waals surface area contributed by atoms with Crippen LogP contribution in [0.1, 0.15) is 23.5 Å². The Balaban J connectivity index is 1.92. The first kappa shape index (κ1) is 12.8. The quantitative estimate of drug-likeness (QED) is 0.862. The summed E-state index contributed by atoms with van der Waals surface area (Å²) in [5.74, 6) is 0.165. The van der Waals surface area contributed by atoms with E-state index in [-0.39, 0.29) is 5.91 Å². The van der Waals surface area contributed by atoms with Gasteiger partial charge in [0, 0.05) is 20.1 Å². The van der Waals surface area contributed by atoms with Gasteiger partial charge in [-0.25, -0.2) is 9.50 Å². The number of rotatable bonds is 4. The van der Waals surface area contributed by atoms with Crippen molar-refractivity contribution < 1.29 is 9.53 Å². The highest BCUT2D eigenvalue weighted by Gasteiger charge is 2.24. The number of carbonyl (C=O) groups is 1. The lowest BCUT2D eigenvalue weighted by molar-refractivity contribution is -0.128. The number of ether oxygens (including phenoxy) is 1. The van der Waals surface area contributed by atoms with Crippen LogP contribution in [0.2, 0.25) is 5.15 Å². The van der Waals surface area contributed by atoms with E-state index < -0.39 is 0 Å². The standard InChI is InChI=1S/C11H13ClN4O2S/c1-18-6-8-14-16-7(10(12)13-11(16)19-8)5-15-4-2-3-9(15)17/h2-6H2,1H3. The minimum atomic E-state index is 0.165. The average Bonchev–Trinajstić information content (AvgIpc) is 3.00. The number of aromatic nitrogens is 3. The van der Waals surface area contributed by atoms with Crippen LogP contribution in [0.25, 0.3) is 4.96 Å².